The summed E-state index contributed by atoms with van der Waals surface area (Å²) in [6.07, 6.45) is 21.3. The third kappa shape index (κ3) is 17.2. The van der Waals surface area contributed by atoms with Gasteiger partial charge in [0.1, 0.15) is 0 Å². The smallest absolute Gasteiger partial charge is 0.870 e. The Morgan fingerprint density at radius 2 is 1.31 bits per heavy atom. The van der Waals surface area contributed by atoms with E-state index in [9.17, 15) is 20.0 Å². The summed E-state index contributed by atoms with van der Waals surface area (Å²) < 4.78 is 12.4. The van der Waals surface area contributed by atoms with Gasteiger partial charge in [0, 0.05) is 28.3 Å². The molecule has 2 heterocycles. The fraction of sp³-hybridized carbons (Fsp3) is 0.452. The molecule has 0 saturated carbocycles. The number of ether oxygens (including phenoxy) is 2. The van der Waals surface area contributed by atoms with E-state index < -0.39 is 6.16 Å². The number of fused-ring (bicyclic) bond motifs is 2. The van der Waals surface area contributed by atoms with E-state index in [2.05, 4.69) is 13.8 Å². The predicted octanol–water partition coefficient (Wildman–Crippen LogP) is 8.62. The van der Waals surface area contributed by atoms with Gasteiger partial charge in [0.25, 0.3) is 11.2 Å². The number of aromatic nitrogens is 2. The van der Waals surface area contributed by atoms with Crippen LogP contribution in [-0.2, 0) is 4.74 Å². The minimum Gasteiger partial charge on any atom is -0.870 e. The normalized spacial score (nSPS) is 10.2. The van der Waals surface area contributed by atoms with E-state index in [0.29, 0.717) is 38.9 Å². The van der Waals surface area contributed by atoms with Crippen molar-refractivity contribution in [3.8, 4) is 5.75 Å². The first kappa shape index (κ1) is 53.4. The molecule has 0 aliphatic heterocycles. The van der Waals surface area contributed by atoms with Crippen molar-refractivity contribution in [1.82, 2.24) is 4.73 Å². The van der Waals surface area contributed by atoms with Gasteiger partial charge in [0.05, 0.1) is 29.3 Å². The number of carbonyl (C=O) groups is 1. The number of pyridine rings is 2. The molecule has 284 valence electrons. The van der Waals surface area contributed by atoms with Gasteiger partial charge in [0.2, 0.25) is 0 Å². The molecular formula is C42H64KN2O7+. The number of hydrogen-bond acceptors (Lipinski definition) is 7. The Kier molecular flexibility index (Phi) is 31.3. The van der Waals surface area contributed by atoms with E-state index in [1.807, 2.05) is 42.5 Å². The van der Waals surface area contributed by atoms with Crippen LogP contribution in [0.15, 0.2) is 77.6 Å². The van der Waals surface area contributed by atoms with Gasteiger partial charge in [-0.3, -0.25) is 10.0 Å². The zero-order valence-electron chi connectivity index (χ0n) is 29.6. The van der Waals surface area contributed by atoms with Crippen molar-refractivity contribution in [2.45, 2.75) is 120 Å². The minimum atomic E-state index is -0.751. The first-order valence-electron chi connectivity index (χ1n) is 17.1. The zero-order chi connectivity index (χ0) is 33.9. The number of benzene rings is 2. The van der Waals surface area contributed by atoms with Crippen LogP contribution in [0.25, 0.3) is 34.0 Å². The van der Waals surface area contributed by atoms with E-state index in [1.165, 1.54) is 57.4 Å². The van der Waals surface area contributed by atoms with Crippen molar-refractivity contribution in [3.63, 3.8) is 0 Å². The molecule has 0 fully saturated rings. The van der Waals surface area contributed by atoms with Crippen LogP contribution in [0.1, 0.15) is 131 Å². The Hall–Kier alpha value is -2.99. The Bertz CT molecular complexity index is 1680. The summed E-state index contributed by atoms with van der Waals surface area (Å²) in [6, 6.07) is 17.4. The topological polar surface area (TPSA) is 132 Å². The zero-order valence-corrected chi connectivity index (χ0v) is 32.8. The van der Waals surface area contributed by atoms with Crippen molar-refractivity contribution >= 4 is 40.1 Å². The van der Waals surface area contributed by atoms with Crippen molar-refractivity contribution < 1.29 is 86.3 Å². The number of allylic oxidation sites excluding steroid dienone is 2. The van der Waals surface area contributed by atoms with Gasteiger partial charge in [-0.15, -0.1) is 0 Å². The molecule has 2 aromatic heterocycles. The first-order valence-corrected chi connectivity index (χ1v) is 17.1. The van der Waals surface area contributed by atoms with Crippen LogP contribution in [0.3, 0.4) is 0 Å². The van der Waals surface area contributed by atoms with Crippen LogP contribution < -0.4 is 66.3 Å². The predicted molar refractivity (Wildman–Crippen MR) is 211 cm³/mol. The Balaban J connectivity index is -0.000000857. The van der Waals surface area contributed by atoms with E-state index in [4.69, 9.17) is 9.47 Å². The standard InChI is InChI=1S/C21H28NO4.C18H23NO2.3CH4.K.H2O/c1-3-5-6-7-8-9-10-13-17-16-20(26-21(23)25-4-2)18-14-11-12-15-19(18)22(17)24;1-2-3-4-5-6-7-8-11-15-14-18(20)16-12-9-10-13-17(16)19(15)21;;;;;/h10-16,24H,3-9H2,1-2H3;8-14,21H,2-7H2,1H3;3*1H4;;1H2/q+1;;;;;+1;/p-1/b13-10+;11-8+;;;;;. The molecule has 0 aliphatic rings. The van der Waals surface area contributed by atoms with Crippen molar-refractivity contribution in [2.24, 2.45) is 0 Å². The number of nitrogens with zero attached hydrogens (tertiary/aromatic N) is 2. The van der Waals surface area contributed by atoms with Crippen LogP contribution in [0.2, 0.25) is 0 Å². The van der Waals surface area contributed by atoms with Crippen LogP contribution >= 0.6 is 0 Å². The molecule has 2 aromatic carbocycles. The van der Waals surface area contributed by atoms with Crippen molar-refractivity contribution in [3.05, 3.63) is 94.4 Å². The molecule has 10 heteroatoms. The van der Waals surface area contributed by atoms with Gasteiger partial charge in [-0.05, 0) is 56.9 Å². The average Bonchev–Trinajstić information content (AvgIpc) is 3.08. The van der Waals surface area contributed by atoms with Crippen LogP contribution in [0.4, 0.5) is 4.79 Å². The second kappa shape index (κ2) is 30.5. The molecule has 52 heavy (non-hydrogen) atoms. The molecule has 3 N–H and O–H groups in total. The summed E-state index contributed by atoms with van der Waals surface area (Å²) in [5.74, 6) is 0.368. The average molecular weight is 748 g/mol. The van der Waals surface area contributed by atoms with Gasteiger partial charge >= 0.3 is 57.5 Å². The van der Waals surface area contributed by atoms with Gasteiger partial charge in [0.15, 0.2) is 11.2 Å². The minimum absolute atomic E-state index is 0. The maximum absolute atomic E-state index is 12.0. The summed E-state index contributed by atoms with van der Waals surface area (Å²) in [6.45, 7) is 6.38. The molecule has 0 saturated heterocycles. The molecule has 9 nitrogen and oxygen atoms in total. The molecule has 0 atom stereocenters. The maximum atomic E-state index is 12.0. The summed E-state index contributed by atoms with van der Waals surface area (Å²) in [5.41, 5.74) is 2.15. The summed E-state index contributed by atoms with van der Waals surface area (Å²) >= 11 is 0. The van der Waals surface area contributed by atoms with Crippen LogP contribution in [0, 0.1) is 0 Å². The molecule has 0 aliphatic carbocycles. The van der Waals surface area contributed by atoms with Crippen molar-refractivity contribution in [1.29, 1.82) is 0 Å². The number of para-hydroxylation sites is 2. The van der Waals surface area contributed by atoms with E-state index in [1.54, 1.807) is 43.3 Å². The number of carbonyl (C=O) groups excluding carboxylic acids is 1. The summed E-state index contributed by atoms with van der Waals surface area (Å²) in [5, 5.41) is 21.8. The van der Waals surface area contributed by atoms with Gasteiger partial charge in [-0.2, -0.15) is 4.73 Å². The second-order valence-electron chi connectivity index (χ2n) is 11.5. The van der Waals surface area contributed by atoms with E-state index in [-0.39, 0.29) is 91.2 Å². The third-order valence-corrected chi connectivity index (χ3v) is 7.82. The largest absolute Gasteiger partial charge is 1.00 e. The SMILES string of the molecule is C.C.C.CCCCCCC/C=C/c1cc(=O)c2ccccc2n1O.CCCCCCC/C=C/c1cc(OC(=O)OCC)c2ccccc2[n+]1O.[K+].[OH-]. The molecule has 0 amide bonds. The van der Waals surface area contributed by atoms with Gasteiger partial charge < -0.3 is 20.2 Å². The molecule has 4 rings (SSSR count). The molecule has 0 bridgehead atoms. The third-order valence-electron chi connectivity index (χ3n) is 7.82. The summed E-state index contributed by atoms with van der Waals surface area (Å²) in [4.78, 5) is 23.7. The second-order valence-corrected chi connectivity index (χ2v) is 11.5. The number of rotatable bonds is 16. The summed E-state index contributed by atoms with van der Waals surface area (Å²) in [7, 11) is 0. The quantitative estimate of drug-likeness (QED) is 0.0386. The maximum Gasteiger partial charge on any atom is 1.00 e. The molecule has 0 spiro atoms. The fourth-order valence-corrected chi connectivity index (χ4v) is 5.26. The van der Waals surface area contributed by atoms with Crippen LogP contribution in [0.5, 0.6) is 5.75 Å². The van der Waals surface area contributed by atoms with Gasteiger partial charge in [-0.1, -0.05) is 124 Å². The Morgan fingerprint density at radius 3 is 1.90 bits per heavy atom. The first-order chi connectivity index (χ1) is 22.9. The molecule has 4 aromatic rings. The van der Waals surface area contributed by atoms with Crippen LogP contribution in [-0.4, -0.2) is 33.4 Å². The number of unbranched alkanes of at least 4 members (excludes halogenated alkanes) is 10. The molecule has 0 radical (unpaired) electrons. The van der Waals surface area contributed by atoms with E-state index in [0.717, 1.165) is 35.1 Å². The monoisotopic (exact) mass is 747 g/mol. The Morgan fingerprint density at radius 1 is 0.769 bits per heavy atom. The number of hydrogen-bond donors (Lipinski definition) is 2. The fourth-order valence-electron chi connectivity index (χ4n) is 5.26. The molecule has 0 unspecified atom stereocenters. The van der Waals surface area contributed by atoms with E-state index >= 15 is 0 Å². The Labute approximate surface area is 355 Å². The van der Waals surface area contributed by atoms with Gasteiger partial charge in [-0.25, -0.2) is 4.79 Å². The van der Waals surface area contributed by atoms with Crippen molar-refractivity contribution in [2.75, 3.05) is 6.61 Å². The molecular weight excluding hydrogens is 684 g/mol.